The lowest BCUT2D eigenvalue weighted by molar-refractivity contribution is 0.627. The molecule has 2 aromatic rings. The maximum atomic E-state index is 13.4. The van der Waals surface area contributed by atoms with Gasteiger partial charge in [0.1, 0.15) is 5.82 Å². The van der Waals surface area contributed by atoms with Gasteiger partial charge in [-0.25, -0.2) is 4.39 Å². The Kier molecular flexibility index (Phi) is 2.88. The second kappa shape index (κ2) is 4.54. The van der Waals surface area contributed by atoms with Crippen molar-refractivity contribution in [2.24, 2.45) is 0 Å². The fourth-order valence-corrected chi connectivity index (χ4v) is 2.65. The first-order valence-electron chi connectivity index (χ1n) is 6.34. The Hall–Kier alpha value is -1.67. The van der Waals surface area contributed by atoms with E-state index in [1.165, 1.54) is 17.2 Å². The maximum absolute atomic E-state index is 13.4. The summed E-state index contributed by atoms with van der Waals surface area (Å²) in [5, 5.41) is 3.39. The van der Waals surface area contributed by atoms with E-state index in [0.29, 0.717) is 0 Å². The zero-order valence-electron chi connectivity index (χ0n) is 10.5. The molecule has 1 aliphatic heterocycles. The smallest absolute Gasteiger partial charge is 0.123 e. The minimum atomic E-state index is -0.169. The molecule has 0 fully saturated rings. The summed E-state index contributed by atoms with van der Waals surface area (Å²) in [6, 6.07) is 11.3. The number of aryl methyl sites for hydroxylation is 1. The average molecular weight is 241 g/mol. The third-order valence-electron chi connectivity index (χ3n) is 3.64. The third-order valence-corrected chi connectivity index (χ3v) is 3.64. The predicted octanol–water partition coefficient (Wildman–Crippen LogP) is 3.45. The number of nitrogens with one attached hydrogen (secondary N) is 1. The first-order valence-corrected chi connectivity index (χ1v) is 6.34. The lowest BCUT2D eigenvalue weighted by Crippen LogP contribution is -2.24. The van der Waals surface area contributed by atoms with Crippen molar-refractivity contribution in [2.75, 3.05) is 6.54 Å². The van der Waals surface area contributed by atoms with Crippen LogP contribution >= 0.6 is 0 Å². The van der Waals surface area contributed by atoms with Gasteiger partial charge in [0, 0.05) is 6.54 Å². The molecule has 0 spiro atoms. The maximum Gasteiger partial charge on any atom is 0.123 e. The molecule has 1 aliphatic rings. The van der Waals surface area contributed by atoms with E-state index in [0.717, 1.165) is 36.2 Å². The number of rotatable bonds is 1. The molecule has 1 N–H and O–H groups in total. The molecule has 2 heteroatoms. The second-order valence-electron chi connectivity index (χ2n) is 4.83. The molecule has 18 heavy (non-hydrogen) atoms. The lowest BCUT2D eigenvalue weighted by Gasteiger charge is -2.21. The summed E-state index contributed by atoms with van der Waals surface area (Å²) in [6.45, 7) is 3.93. The molecule has 0 unspecified atom stereocenters. The SMILES string of the molecule is Cc1ccc(F)cc1-c1cccc2c1CNCC2. The molecule has 0 atom stereocenters. The Bertz CT molecular complexity index is 590. The van der Waals surface area contributed by atoms with Crippen LogP contribution in [0.2, 0.25) is 0 Å². The topological polar surface area (TPSA) is 12.0 Å². The van der Waals surface area contributed by atoms with E-state index in [1.54, 1.807) is 6.07 Å². The van der Waals surface area contributed by atoms with Crippen LogP contribution in [-0.4, -0.2) is 6.54 Å². The normalized spacial score (nSPS) is 14.3. The summed E-state index contributed by atoms with van der Waals surface area (Å²) < 4.78 is 13.4. The average Bonchev–Trinajstić information content (AvgIpc) is 2.41. The van der Waals surface area contributed by atoms with Crippen LogP contribution in [0.3, 0.4) is 0 Å². The Labute approximate surface area is 107 Å². The van der Waals surface area contributed by atoms with Crippen molar-refractivity contribution < 1.29 is 4.39 Å². The first kappa shape index (κ1) is 11.4. The van der Waals surface area contributed by atoms with Crippen LogP contribution < -0.4 is 5.32 Å². The summed E-state index contributed by atoms with van der Waals surface area (Å²) in [7, 11) is 0. The van der Waals surface area contributed by atoms with Crippen LogP contribution in [-0.2, 0) is 13.0 Å². The minimum absolute atomic E-state index is 0.169. The van der Waals surface area contributed by atoms with Gasteiger partial charge >= 0.3 is 0 Å². The number of fused-ring (bicyclic) bond motifs is 1. The Morgan fingerprint density at radius 3 is 2.89 bits per heavy atom. The Balaban J connectivity index is 2.19. The number of halogens is 1. The quantitative estimate of drug-likeness (QED) is 0.806. The highest BCUT2D eigenvalue weighted by Crippen LogP contribution is 2.30. The van der Waals surface area contributed by atoms with E-state index in [1.807, 2.05) is 13.0 Å². The zero-order valence-corrected chi connectivity index (χ0v) is 10.5. The van der Waals surface area contributed by atoms with Crippen LogP contribution in [0.1, 0.15) is 16.7 Å². The Morgan fingerprint density at radius 1 is 1.11 bits per heavy atom. The number of benzene rings is 2. The fourth-order valence-electron chi connectivity index (χ4n) is 2.65. The van der Waals surface area contributed by atoms with E-state index >= 15 is 0 Å². The summed E-state index contributed by atoms with van der Waals surface area (Å²) in [5.74, 6) is -0.169. The van der Waals surface area contributed by atoms with Gasteiger partial charge in [0.15, 0.2) is 0 Å². The molecule has 0 saturated heterocycles. The summed E-state index contributed by atoms with van der Waals surface area (Å²) in [6.07, 6.45) is 1.05. The van der Waals surface area contributed by atoms with Crippen molar-refractivity contribution in [1.82, 2.24) is 5.32 Å². The molecule has 0 bridgehead atoms. The molecular weight excluding hydrogens is 225 g/mol. The highest BCUT2D eigenvalue weighted by atomic mass is 19.1. The van der Waals surface area contributed by atoms with Crippen molar-refractivity contribution in [1.29, 1.82) is 0 Å². The van der Waals surface area contributed by atoms with E-state index in [9.17, 15) is 4.39 Å². The molecule has 1 nitrogen and oxygen atoms in total. The van der Waals surface area contributed by atoms with Crippen molar-refractivity contribution in [3.05, 3.63) is 58.9 Å². The van der Waals surface area contributed by atoms with Gasteiger partial charge in [-0.15, -0.1) is 0 Å². The number of hydrogen-bond acceptors (Lipinski definition) is 1. The highest BCUT2D eigenvalue weighted by molar-refractivity contribution is 5.72. The standard InChI is InChI=1S/C16H16FN/c1-11-5-6-13(17)9-15(11)14-4-2-3-12-7-8-18-10-16(12)14/h2-6,9,18H,7-8,10H2,1H3. The summed E-state index contributed by atoms with van der Waals surface area (Å²) >= 11 is 0. The van der Waals surface area contributed by atoms with Gasteiger partial charge in [0.25, 0.3) is 0 Å². The largest absolute Gasteiger partial charge is 0.312 e. The van der Waals surface area contributed by atoms with Gasteiger partial charge in [0.05, 0.1) is 0 Å². The van der Waals surface area contributed by atoms with Gasteiger partial charge in [-0.1, -0.05) is 24.3 Å². The fraction of sp³-hybridized carbons (Fsp3) is 0.250. The summed E-state index contributed by atoms with van der Waals surface area (Å²) in [4.78, 5) is 0. The van der Waals surface area contributed by atoms with E-state index in [4.69, 9.17) is 0 Å². The third kappa shape index (κ3) is 1.93. The van der Waals surface area contributed by atoms with Crippen molar-refractivity contribution in [2.45, 2.75) is 19.9 Å². The van der Waals surface area contributed by atoms with E-state index in [2.05, 4.69) is 23.5 Å². The molecule has 0 saturated carbocycles. The van der Waals surface area contributed by atoms with E-state index in [-0.39, 0.29) is 5.82 Å². The van der Waals surface area contributed by atoms with Crippen molar-refractivity contribution >= 4 is 0 Å². The molecule has 92 valence electrons. The zero-order chi connectivity index (χ0) is 12.5. The van der Waals surface area contributed by atoms with Gasteiger partial charge < -0.3 is 5.32 Å². The summed E-state index contributed by atoms with van der Waals surface area (Å²) in [5.41, 5.74) is 6.00. The molecule has 0 amide bonds. The highest BCUT2D eigenvalue weighted by Gasteiger charge is 2.14. The minimum Gasteiger partial charge on any atom is -0.312 e. The van der Waals surface area contributed by atoms with Gasteiger partial charge in [-0.3, -0.25) is 0 Å². The van der Waals surface area contributed by atoms with E-state index < -0.39 is 0 Å². The monoisotopic (exact) mass is 241 g/mol. The molecule has 0 radical (unpaired) electrons. The van der Waals surface area contributed by atoms with Gasteiger partial charge in [-0.05, 0) is 59.8 Å². The van der Waals surface area contributed by atoms with Crippen molar-refractivity contribution in [3.8, 4) is 11.1 Å². The molecule has 0 aromatic heterocycles. The Morgan fingerprint density at radius 2 is 2.00 bits per heavy atom. The van der Waals surface area contributed by atoms with Crippen LogP contribution in [0.4, 0.5) is 4.39 Å². The molecule has 0 aliphatic carbocycles. The molecular formula is C16H16FN. The number of hydrogen-bond donors (Lipinski definition) is 1. The predicted molar refractivity (Wildman–Crippen MR) is 72.0 cm³/mol. The van der Waals surface area contributed by atoms with Crippen LogP contribution in [0.5, 0.6) is 0 Å². The van der Waals surface area contributed by atoms with Gasteiger partial charge in [-0.2, -0.15) is 0 Å². The van der Waals surface area contributed by atoms with Crippen LogP contribution in [0.25, 0.3) is 11.1 Å². The molecule has 2 aromatic carbocycles. The lowest BCUT2D eigenvalue weighted by atomic mass is 9.90. The van der Waals surface area contributed by atoms with Crippen molar-refractivity contribution in [3.63, 3.8) is 0 Å². The molecule has 1 heterocycles. The van der Waals surface area contributed by atoms with Gasteiger partial charge in [0.2, 0.25) is 0 Å². The van der Waals surface area contributed by atoms with Crippen LogP contribution in [0, 0.1) is 12.7 Å². The molecule has 3 rings (SSSR count). The second-order valence-corrected chi connectivity index (χ2v) is 4.83. The van der Waals surface area contributed by atoms with Crippen LogP contribution in [0.15, 0.2) is 36.4 Å². The first-order chi connectivity index (χ1) is 8.75.